The second-order valence-corrected chi connectivity index (χ2v) is 8.19. The molecule has 0 aliphatic heterocycles. The van der Waals surface area contributed by atoms with E-state index < -0.39 is 0 Å². The van der Waals surface area contributed by atoms with Crippen molar-refractivity contribution in [3.63, 3.8) is 0 Å². The molecule has 9 heteroatoms. The lowest BCUT2D eigenvalue weighted by molar-refractivity contribution is 0.284. The number of rotatable bonds is 7. The van der Waals surface area contributed by atoms with Crippen molar-refractivity contribution < 1.29 is 9.47 Å². The van der Waals surface area contributed by atoms with E-state index in [0.717, 1.165) is 38.9 Å². The highest BCUT2D eigenvalue weighted by molar-refractivity contribution is 5.79. The molecule has 5 rings (SSSR count). The Kier molecular flexibility index (Phi) is 5.37. The van der Waals surface area contributed by atoms with Crippen LogP contribution in [-0.4, -0.2) is 26.2 Å². The van der Waals surface area contributed by atoms with E-state index in [9.17, 15) is 9.59 Å². The molecule has 0 saturated heterocycles. The highest BCUT2D eigenvalue weighted by Gasteiger charge is 2.10. The first-order valence-electron chi connectivity index (χ1n) is 10.8. The van der Waals surface area contributed by atoms with E-state index in [0.29, 0.717) is 24.7 Å². The Morgan fingerprint density at radius 3 is 2.41 bits per heavy atom. The Morgan fingerprint density at radius 2 is 1.59 bits per heavy atom. The fourth-order valence-electron chi connectivity index (χ4n) is 4.09. The number of ether oxygens (including phenoxy) is 2. The van der Waals surface area contributed by atoms with Gasteiger partial charge in [0.05, 0.1) is 29.2 Å². The molecule has 3 N–H and O–H groups in total. The van der Waals surface area contributed by atoms with Crippen LogP contribution in [0.1, 0.15) is 11.1 Å². The summed E-state index contributed by atoms with van der Waals surface area (Å²) in [6, 6.07) is 17.3. The highest BCUT2D eigenvalue weighted by atomic mass is 16.5. The van der Waals surface area contributed by atoms with Gasteiger partial charge < -0.3 is 24.8 Å². The highest BCUT2D eigenvalue weighted by Crippen LogP contribution is 2.29. The standard InChI is InChI=1S/C25H25N5O4/c1-29-20-8-4-16(10-21(20)30(2)25(29)32)14-34-22-9-5-15(11-23(22)33-3)13-26-17-6-7-18-19(12-17)28-24(31)27-18/h4-12,26H,13-14H2,1-3H3,(H2,27,28,31). The van der Waals surface area contributed by atoms with Gasteiger partial charge in [-0.3, -0.25) is 9.13 Å². The van der Waals surface area contributed by atoms with E-state index in [-0.39, 0.29) is 11.4 Å². The maximum absolute atomic E-state index is 12.2. The lowest BCUT2D eigenvalue weighted by Crippen LogP contribution is -2.19. The van der Waals surface area contributed by atoms with Gasteiger partial charge in [-0.15, -0.1) is 0 Å². The molecule has 0 unspecified atom stereocenters. The number of aromatic nitrogens is 4. The number of fused-ring (bicyclic) bond motifs is 2. The maximum Gasteiger partial charge on any atom is 0.328 e. The Bertz CT molecular complexity index is 1620. The smallest absolute Gasteiger partial charge is 0.328 e. The van der Waals surface area contributed by atoms with Crippen LogP contribution in [0.4, 0.5) is 5.69 Å². The number of methoxy groups -OCH3 is 1. The van der Waals surface area contributed by atoms with Gasteiger partial charge in [-0.05, 0) is 53.6 Å². The number of hydrogen-bond donors (Lipinski definition) is 3. The number of hydrogen-bond acceptors (Lipinski definition) is 5. The molecule has 0 aliphatic rings. The summed E-state index contributed by atoms with van der Waals surface area (Å²) in [5.41, 5.74) is 5.87. The van der Waals surface area contributed by atoms with Crippen molar-refractivity contribution in [3.05, 3.63) is 86.7 Å². The normalized spacial score (nSPS) is 11.3. The van der Waals surface area contributed by atoms with E-state index in [2.05, 4.69) is 15.3 Å². The molecule has 174 valence electrons. The fourth-order valence-corrected chi connectivity index (χ4v) is 4.09. The first-order valence-corrected chi connectivity index (χ1v) is 10.8. The molecule has 0 spiro atoms. The van der Waals surface area contributed by atoms with E-state index in [1.54, 1.807) is 30.3 Å². The molecule has 0 saturated carbocycles. The summed E-state index contributed by atoms with van der Waals surface area (Å²) < 4.78 is 14.8. The van der Waals surface area contributed by atoms with Crippen molar-refractivity contribution in [1.29, 1.82) is 0 Å². The molecule has 0 bridgehead atoms. The number of aryl methyl sites for hydroxylation is 2. The number of H-pyrrole nitrogens is 2. The average molecular weight is 460 g/mol. The monoisotopic (exact) mass is 459 g/mol. The van der Waals surface area contributed by atoms with Crippen molar-refractivity contribution in [2.24, 2.45) is 14.1 Å². The van der Waals surface area contributed by atoms with Crippen LogP contribution in [0.2, 0.25) is 0 Å². The first kappa shape index (κ1) is 21.4. The lowest BCUT2D eigenvalue weighted by atomic mass is 10.2. The number of benzene rings is 3. The summed E-state index contributed by atoms with van der Waals surface area (Å²) >= 11 is 0. The molecule has 0 fully saturated rings. The van der Waals surface area contributed by atoms with Crippen LogP contribution in [-0.2, 0) is 27.2 Å². The van der Waals surface area contributed by atoms with Crippen LogP contribution in [0.5, 0.6) is 11.5 Å². The largest absolute Gasteiger partial charge is 0.493 e. The molecule has 2 heterocycles. The third-order valence-electron chi connectivity index (χ3n) is 5.97. The number of nitrogens with zero attached hydrogens (tertiary/aromatic N) is 2. The minimum Gasteiger partial charge on any atom is -0.493 e. The van der Waals surface area contributed by atoms with E-state index in [4.69, 9.17) is 9.47 Å². The Morgan fingerprint density at radius 1 is 0.824 bits per heavy atom. The van der Waals surface area contributed by atoms with E-state index in [1.807, 2.05) is 54.6 Å². The van der Waals surface area contributed by atoms with Crippen LogP contribution >= 0.6 is 0 Å². The molecule has 0 aliphatic carbocycles. The van der Waals surface area contributed by atoms with Crippen molar-refractivity contribution in [2.45, 2.75) is 13.2 Å². The summed E-state index contributed by atoms with van der Waals surface area (Å²) in [6.07, 6.45) is 0. The molecule has 34 heavy (non-hydrogen) atoms. The van der Waals surface area contributed by atoms with Gasteiger partial charge in [-0.1, -0.05) is 12.1 Å². The predicted molar refractivity (Wildman–Crippen MR) is 132 cm³/mol. The Balaban J connectivity index is 1.28. The Labute approximate surface area is 194 Å². The van der Waals surface area contributed by atoms with Gasteiger partial charge in [-0.25, -0.2) is 9.59 Å². The first-order chi connectivity index (χ1) is 16.4. The van der Waals surface area contributed by atoms with Gasteiger partial charge in [0.25, 0.3) is 0 Å². The number of aromatic amines is 2. The van der Waals surface area contributed by atoms with Crippen LogP contribution < -0.4 is 26.2 Å². The lowest BCUT2D eigenvalue weighted by Gasteiger charge is -2.13. The third kappa shape index (κ3) is 3.92. The summed E-state index contributed by atoms with van der Waals surface area (Å²) in [4.78, 5) is 29.1. The molecular formula is C25H25N5O4. The molecule has 0 amide bonds. The zero-order valence-electron chi connectivity index (χ0n) is 19.1. The quantitative estimate of drug-likeness (QED) is 0.347. The van der Waals surface area contributed by atoms with Crippen LogP contribution in [0.15, 0.2) is 64.2 Å². The molecule has 0 radical (unpaired) electrons. The second-order valence-electron chi connectivity index (χ2n) is 8.19. The third-order valence-corrected chi connectivity index (χ3v) is 5.97. The van der Waals surface area contributed by atoms with E-state index >= 15 is 0 Å². The maximum atomic E-state index is 12.2. The molecule has 3 aromatic carbocycles. The minimum atomic E-state index is -0.222. The zero-order chi connectivity index (χ0) is 23.8. The SMILES string of the molecule is COc1cc(CNc2ccc3[nH]c(=O)[nH]c3c2)ccc1OCc1ccc2c(c1)n(C)c(=O)n2C. The summed E-state index contributed by atoms with van der Waals surface area (Å²) in [7, 11) is 5.14. The van der Waals surface area contributed by atoms with Crippen LogP contribution in [0.3, 0.4) is 0 Å². The summed E-state index contributed by atoms with van der Waals surface area (Å²) in [5, 5.41) is 3.36. The fraction of sp³-hybridized carbons (Fsp3) is 0.200. The second kappa shape index (κ2) is 8.51. The molecular weight excluding hydrogens is 434 g/mol. The Hall–Kier alpha value is -4.40. The zero-order valence-corrected chi connectivity index (χ0v) is 19.1. The van der Waals surface area contributed by atoms with Crippen LogP contribution in [0.25, 0.3) is 22.1 Å². The van der Waals surface area contributed by atoms with Gasteiger partial charge in [0.2, 0.25) is 0 Å². The number of nitrogens with one attached hydrogen (secondary N) is 3. The van der Waals surface area contributed by atoms with Gasteiger partial charge in [0.1, 0.15) is 6.61 Å². The molecule has 2 aromatic heterocycles. The number of anilines is 1. The van der Waals surface area contributed by atoms with E-state index in [1.165, 1.54) is 0 Å². The topological polar surface area (TPSA) is 106 Å². The minimum absolute atomic E-state index is 0.0553. The van der Waals surface area contributed by atoms with Crippen molar-refractivity contribution in [3.8, 4) is 11.5 Å². The van der Waals surface area contributed by atoms with Gasteiger partial charge in [-0.2, -0.15) is 0 Å². The summed E-state index contributed by atoms with van der Waals surface area (Å²) in [6.45, 7) is 0.928. The van der Waals surface area contributed by atoms with Crippen molar-refractivity contribution >= 4 is 27.8 Å². The van der Waals surface area contributed by atoms with Crippen molar-refractivity contribution in [2.75, 3.05) is 12.4 Å². The van der Waals surface area contributed by atoms with Crippen LogP contribution in [0, 0.1) is 0 Å². The number of imidazole rings is 2. The van der Waals surface area contributed by atoms with Gasteiger partial charge >= 0.3 is 11.4 Å². The molecule has 9 nitrogen and oxygen atoms in total. The molecule has 0 atom stereocenters. The van der Waals surface area contributed by atoms with Gasteiger partial charge in [0, 0.05) is 26.3 Å². The van der Waals surface area contributed by atoms with Crippen molar-refractivity contribution in [1.82, 2.24) is 19.1 Å². The molecule has 5 aromatic rings. The summed E-state index contributed by atoms with van der Waals surface area (Å²) in [5.74, 6) is 1.28. The predicted octanol–water partition coefficient (Wildman–Crippen LogP) is 3.25. The van der Waals surface area contributed by atoms with Gasteiger partial charge in [0.15, 0.2) is 11.5 Å². The average Bonchev–Trinajstić information content (AvgIpc) is 3.33.